The lowest BCUT2D eigenvalue weighted by atomic mass is 9.88. The van der Waals surface area contributed by atoms with E-state index in [1.165, 1.54) is 5.56 Å². The molecule has 0 saturated heterocycles. The molecule has 0 aromatic heterocycles. The molecule has 1 saturated carbocycles. The lowest BCUT2D eigenvalue weighted by Crippen LogP contribution is -2.44. The summed E-state index contributed by atoms with van der Waals surface area (Å²) in [6, 6.07) is 8.89. The van der Waals surface area contributed by atoms with E-state index in [4.69, 9.17) is 4.74 Å². The van der Waals surface area contributed by atoms with Gasteiger partial charge in [0.25, 0.3) is 0 Å². The standard InChI is InChI=1S/C13H19NO2/c1-9(14-11-7-12(15)8-11)10-3-5-13(16-2)6-4-10/h3-6,9,11-12,14-15H,7-8H2,1-2H3. The van der Waals surface area contributed by atoms with E-state index in [1.807, 2.05) is 12.1 Å². The summed E-state index contributed by atoms with van der Waals surface area (Å²) in [5, 5.41) is 12.7. The van der Waals surface area contributed by atoms with Gasteiger partial charge in [0.15, 0.2) is 0 Å². The molecule has 0 bridgehead atoms. The van der Waals surface area contributed by atoms with Crippen molar-refractivity contribution in [3.8, 4) is 5.75 Å². The molecule has 1 atom stereocenters. The second-order valence-electron chi connectivity index (χ2n) is 4.48. The molecular weight excluding hydrogens is 202 g/mol. The van der Waals surface area contributed by atoms with Gasteiger partial charge in [-0.2, -0.15) is 0 Å². The molecule has 3 nitrogen and oxygen atoms in total. The summed E-state index contributed by atoms with van der Waals surface area (Å²) >= 11 is 0. The third-order valence-electron chi connectivity index (χ3n) is 3.21. The highest BCUT2D eigenvalue weighted by atomic mass is 16.5. The highest BCUT2D eigenvalue weighted by Gasteiger charge is 2.27. The van der Waals surface area contributed by atoms with Crippen LogP contribution in [0.25, 0.3) is 0 Å². The van der Waals surface area contributed by atoms with Crippen LogP contribution >= 0.6 is 0 Å². The van der Waals surface area contributed by atoms with Gasteiger partial charge in [0, 0.05) is 12.1 Å². The normalized spacial score (nSPS) is 25.9. The van der Waals surface area contributed by atoms with E-state index in [1.54, 1.807) is 7.11 Å². The second kappa shape index (κ2) is 4.85. The zero-order valence-electron chi connectivity index (χ0n) is 9.81. The molecule has 3 heteroatoms. The molecule has 1 aromatic rings. The predicted molar refractivity (Wildman–Crippen MR) is 63.6 cm³/mol. The fourth-order valence-electron chi connectivity index (χ4n) is 2.07. The van der Waals surface area contributed by atoms with Crippen molar-refractivity contribution in [1.29, 1.82) is 0 Å². The quantitative estimate of drug-likeness (QED) is 0.815. The minimum Gasteiger partial charge on any atom is -0.497 e. The van der Waals surface area contributed by atoms with Crippen molar-refractivity contribution < 1.29 is 9.84 Å². The zero-order valence-corrected chi connectivity index (χ0v) is 9.81. The van der Waals surface area contributed by atoms with Gasteiger partial charge in [0.1, 0.15) is 5.75 Å². The molecular formula is C13H19NO2. The van der Waals surface area contributed by atoms with Crippen LogP contribution in [-0.2, 0) is 0 Å². The third kappa shape index (κ3) is 2.54. The molecule has 1 aromatic carbocycles. The van der Waals surface area contributed by atoms with Crippen molar-refractivity contribution in [2.75, 3.05) is 7.11 Å². The maximum atomic E-state index is 9.21. The molecule has 0 spiro atoms. The Hall–Kier alpha value is -1.06. The summed E-state index contributed by atoms with van der Waals surface area (Å²) in [6.07, 6.45) is 1.65. The van der Waals surface area contributed by atoms with Crippen molar-refractivity contribution >= 4 is 0 Å². The van der Waals surface area contributed by atoms with E-state index >= 15 is 0 Å². The summed E-state index contributed by atoms with van der Waals surface area (Å²) < 4.78 is 5.12. The minimum absolute atomic E-state index is 0.0967. The number of ether oxygens (including phenoxy) is 1. The van der Waals surface area contributed by atoms with Crippen LogP contribution in [0.1, 0.15) is 31.4 Å². The van der Waals surface area contributed by atoms with E-state index in [-0.39, 0.29) is 6.10 Å². The Morgan fingerprint density at radius 1 is 1.31 bits per heavy atom. The van der Waals surface area contributed by atoms with Crippen molar-refractivity contribution in [2.45, 2.75) is 38.0 Å². The zero-order chi connectivity index (χ0) is 11.5. The number of hydrogen-bond acceptors (Lipinski definition) is 3. The van der Waals surface area contributed by atoms with E-state index in [2.05, 4.69) is 24.4 Å². The third-order valence-corrected chi connectivity index (χ3v) is 3.21. The van der Waals surface area contributed by atoms with Crippen molar-refractivity contribution in [3.05, 3.63) is 29.8 Å². The van der Waals surface area contributed by atoms with Crippen molar-refractivity contribution in [1.82, 2.24) is 5.32 Å². The highest BCUT2D eigenvalue weighted by molar-refractivity contribution is 5.28. The molecule has 16 heavy (non-hydrogen) atoms. The van der Waals surface area contributed by atoms with E-state index < -0.39 is 0 Å². The lowest BCUT2D eigenvalue weighted by Gasteiger charge is -2.34. The van der Waals surface area contributed by atoms with Crippen LogP contribution in [0.2, 0.25) is 0 Å². The molecule has 0 radical (unpaired) electrons. The summed E-state index contributed by atoms with van der Waals surface area (Å²) in [4.78, 5) is 0. The van der Waals surface area contributed by atoms with Gasteiger partial charge in [-0.1, -0.05) is 12.1 Å². The Morgan fingerprint density at radius 3 is 2.44 bits per heavy atom. The topological polar surface area (TPSA) is 41.5 Å². The van der Waals surface area contributed by atoms with E-state index in [0.29, 0.717) is 12.1 Å². The largest absolute Gasteiger partial charge is 0.497 e. The number of nitrogens with one attached hydrogen (secondary N) is 1. The van der Waals surface area contributed by atoms with Gasteiger partial charge in [-0.3, -0.25) is 0 Å². The maximum absolute atomic E-state index is 9.21. The molecule has 1 aliphatic carbocycles. The van der Waals surface area contributed by atoms with Gasteiger partial charge in [0.2, 0.25) is 0 Å². The van der Waals surface area contributed by atoms with E-state index in [9.17, 15) is 5.11 Å². The fraction of sp³-hybridized carbons (Fsp3) is 0.538. The Labute approximate surface area is 96.4 Å². The molecule has 1 aliphatic rings. The first-order valence-electron chi connectivity index (χ1n) is 5.77. The second-order valence-corrected chi connectivity index (χ2v) is 4.48. The van der Waals surface area contributed by atoms with Crippen LogP contribution in [0.5, 0.6) is 5.75 Å². The van der Waals surface area contributed by atoms with Crippen LogP contribution in [-0.4, -0.2) is 24.4 Å². The van der Waals surface area contributed by atoms with Gasteiger partial charge in [0.05, 0.1) is 13.2 Å². The monoisotopic (exact) mass is 221 g/mol. The van der Waals surface area contributed by atoms with Gasteiger partial charge in [-0.15, -0.1) is 0 Å². The summed E-state index contributed by atoms with van der Waals surface area (Å²) in [5.74, 6) is 0.884. The Morgan fingerprint density at radius 2 is 1.94 bits per heavy atom. The molecule has 2 N–H and O–H groups in total. The number of benzene rings is 1. The molecule has 0 aliphatic heterocycles. The molecule has 88 valence electrons. The Bertz CT molecular complexity index is 330. The van der Waals surface area contributed by atoms with Crippen LogP contribution in [0.4, 0.5) is 0 Å². The highest BCUT2D eigenvalue weighted by Crippen LogP contribution is 2.24. The number of methoxy groups -OCH3 is 1. The lowest BCUT2D eigenvalue weighted by molar-refractivity contribution is 0.0586. The van der Waals surface area contributed by atoms with Crippen LogP contribution in [0, 0.1) is 0 Å². The Balaban J connectivity index is 1.90. The predicted octanol–water partition coefficient (Wildman–Crippen LogP) is 1.87. The number of rotatable bonds is 4. The van der Waals surface area contributed by atoms with Crippen LogP contribution in [0.15, 0.2) is 24.3 Å². The first kappa shape index (κ1) is 11.4. The molecule has 1 fully saturated rings. The van der Waals surface area contributed by atoms with Crippen molar-refractivity contribution in [3.63, 3.8) is 0 Å². The van der Waals surface area contributed by atoms with Crippen LogP contribution < -0.4 is 10.1 Å². The van der Waals surface area contributed by atoms with Gasteiger partial charge in [-0.25, -0.2) is 0 Å². The van der Waals surface area contributed by atoms with Crippen LogP contribution in [0.3, 0.4) is 0 Å². The first-order chi connectivity index (χ1) is 7.69. The number of aliphatic hydroxyl groups is 1. The minimum atomic E-state index is -0.0967. The van der Waals surface area contributed by atoms with Gasteiger partial charge >= 0.3 is 0 Å². The molecule has 0 heterocycles. The summed E-state index contributed by atoms with van der Waals surface area (Å²) in [6.45, 7) is 2.15. The number of aliphatic hydroxyl groups excluding tert-OH is 1. The molecule has 1 unspecified atom stereocenters. The fourth-order valence-corrected chi connectivity index (χ4v) is 2.07. The Kier molecular flexibility index (Phi) is 3.46. The summed E-state index contributed by atoms with van der Waals surface area (Å²) in [7, 11) is 1.67. The van der Waals surface area contributed by atoms with Gasteiger partial charge in [-0.05, 0) is 37.5 Å². The average molecular weight is 221 g/mol. The summed E-state index contributed by atoms with van der Waals surface area (Å²) in [5.41, 5.74) is 1.25. The molecule has 0 amide bonds. The average Bonchev–Trinajstić information content (AvgIpc) is 2.27. The first-order valence-corrected chi connectivity index (χ1v) is 5.77. The van der Waals surface area contributed by atoms with Crippen molar-refractivity contribution in [2.24, 2.45) is 0 Å². The SMILES string of the molecule is COc1ccc(C(C)NC2CC(O)C2)cc1. The van der Waals surface area contributed by atoms with Gasteiger partial charge < -0.3 is 15.2 Å². The smallest absolute Gasteiger partial charge is 0.118 e. The number of hydrogen-bond donors (Lipinski definition) is 2. The molecule has 2 rings (SSSR count). The maximum Gasteiger partial charge on any atom is 0.118 e. The van der Waals surface area contributed by atoms with E-state index in [0.717, 1.165) is 18.6 Å².